The lowest BCUT2D eigenvalue weighted by atomic mass is 10.1. The summed E-state index contributed by atoms with van der Waals surface area (Å²) in [5.41, 5.74) is 6.04. The summed E-state index contributed by atoms with van der Waals surface area (Å²) in [4.78, 5) is 4.13. The average molecular weight is 241 g/mol. The third-order valence-corrected chi connectivity index (χ3v) is 2.57. The topological polar surface area (TPSA) is 57.0 Å². The second-order valence-corrected chi connectivity index (χ2v) is 3.96. The molecule has 0 amide bonds. The van der Waals surface area contributed by atoms with E-state index in [9.17, 15) is 5.11 Å². The lowest BCUT2D eigenvalue weighted by molar-refractivity contribution is 0.477. The van der Waals surface area contributed by atoms with Gasteiger partial charge >= 0.3 is 0 Å². The van der Waals surface area contributed by atoms with Gasteiger partial charge < -0.3 is 5.11 Å². The highest BCUT2D eigenvalue weighted by Gasteiger charge is 2.05. The number of hydrogen-bond donors (Lipinski definition) is 2. The number of aromatic hydroxyl groups is 1. The van der Waals surface area contributed by atoms with Crippen LogP contribution in [0.3, 0.4) is 0 Å². The van der Waals surface area contributed by atoms with Crippen molar-refractivity contribution < 1.29 is 5.11 Å². The number of allylic oxidation sites excluding steroid dienone is 4. The minimum absolute atomic E-state index is 0.176. The van der Waals surface area contributed by atoms with Crippen molar-refractivity contribution in [2.75, 3.05) is 12.5 Å². The summed E-state index contributed by atoms with van der Waals surface area (Å²) in [6.45, 7) is 1.96. The number of nitrogens with one attached hydrogen (secondary N) is 1. The van der Waals surface area contributed by atoms with E-state index in [2.05, 4.69) is 15.5 Å². The van der Waals surface area contributed by atoms with Crippen molar-refractivity contribution in [3.05, 3.63) is 48.1 Å². The summed E-state index contributed by atoms with van der Waals surface area (Å²) < 4.78 is 0. The number of anilines is 1. The normalized spacial score (nSPS) is 18.6. The number of hydrazone groups is 1. The van der Waals surface area contributed by atoms with Gasteiger partial charge in [0.2, 0.25) is 0 Å². The maximum Gasteiger partial charge on any atom is 0.140 e. The summed E-state index contributed by atoms with van der Waals surface area (Å²) in [7, 11) is 1.72. The van der Waals surface area contributed by atoms with Crippen LogP contribution in [-0.4, -0.2) is 23.6 Å². The summed E-state index contributed by atoms with van der Waals surface area (Å²) >= 11 is 0. The fourth-order valence-electron chi connectivity index (χ4n) is 1.61. The fraction of sp³-hybridized carbons (Fsp3) is 0.143. The molecular weight excluding hydrogens is 226 g/mol. The Morgan fingerprint density at radius 3 is 2.56 bits per heavy atom. The summed E-state index contributed by atoms with van der Waals surface area (Å²) in [6.07, 6.45) is 7.55. The summed E-state index contributed by atoms with van der Waals surface area (Å²) in [6, 6.07) is 5.32. The van der Waals surface area contributed by atoms with Crippen LogP contribution in [0.4, 0.5) is 5.69 Å². The minimum Gasteiger partial charge on any atom is -0.506 e. The van der Waals surface area contributed by atoms with Gasteiger partial charge in [0.05, 0.1) is 11.4 Å². The Hall–Kier alpha value is -2.36. The van der Waals surface area contributed by atoms with Gasteiger partial charge in [-0.25, -0.2) is 0 Å². The Labute approximate surface area is 106 Å². The van der Waals surface area contributed by atoms with Crippen molar-refractivity contribution in [3.8, 4) is 5.75 Å². The molecule has 0 saturated carbocycles. The van der Waals surface area contributed by atoms with Crippen LogP contribution in [-0.2, 0) is 0 Å². The van der Waals surface area contributed by atoms with E-state index in [1.807, 2.05) is 43.4 Å². The molecule has 0 fully saturated rings. The van der Waals surface area contributed by atoms with Crippen LogP contribution in [0.2, 0.25) is 0 Å². The molecule has 0 unspecified atom stereocenters. The van der Waals surface area contributed by atoms with Gasteiger partial charge in [-0.05, 0) is 36.8 Å². The number of phenols is 1. The zero-order valence-electron chi connectivity index (χ0n) is 10.4. The Balaban J connectivity index is 2.22. The summed E-state index contributed by atoms with van der Waals surface area (Å²) in [5.74, 6) is 0.176. The molecule has 4 heteroatoms. The zero-order valence-corrected chi connectivity index (χ0v) is 10.4. The van der Waals surface area contributed by atoms with E-state index in [-0.39, 0.29) is 5.75 Å². The van der Waals surface area contributed by atoms with E-state index in [1.54, 1.807) is 13.1 Å². The van der Waals surface area contributed by atoms with Crippen molar-refractivity contribution in [1.82, 2.24) is 0 Å². The lowest BCUT2D eigenvalue weighted by Gasteiger charge is -2.08. The Morgan fingerprint density at radius 2 is 1.83 bits per heavy atom. The molecule has 0 atom stereocenters. The van der Waals surface area contributed by atoms with Gasteiger partial charge in [0, 0.05) is 7.05 Å². The Bertz CT molecular complexity index is 568. The molecule has 1 aromatic carbocycles. The first kappa shape index (κ1) is 12.1. The monoisotopic (exact) mass is 241 g/mol. The quantitative estimate of drug-likeness (QED) is 0.475. The molecule has 18 heavy (non-hydrogen) atoms. The van der Waals surface area contributed by atoms with Gasteiger partial charge in [-0.1, -0.05) is 18.2 Å². The molecular formula is C14H15N3O. The van der Waals surface area contributed by atoms with Crippen LogP contribution in [0.15, 0.2) is 52.6 Å². The predicted molar refractivity (Wildman–Crippen MR) is 75.5 cm³/mol. The van der Waals surface area contributed by atoms with E-state index in [4.69, 9.17) is 0 Å². The predicted octanol–water partition coefficient (Wildman–Crippen LogP) is 2.67. The number of nitrogens with zero attached hydrogens (tertiary/aromatic N) is 2. The zero-order chi connectivity index (χ0) is 13.0. The van der Waals surface area contributed by atoms with Crippen LogP contribution < -0.4 is 5.43 Å². The van der Waals surface area contributed by atoms with Crippen molar-refractivity contribution in [2.45, 2.75) is 6.92 Å². The van der Waals surface area contributed by atoms with Crippen molar-refractivity contribution in [2.24, 2.45) is 10.1 Å². The minimum atomic E-state index is 0.176. The molecule has 2 rings (SSSR count). The van der Waals surface area contributed by atoms with E-state index in [0.717, 1.165) is 17.0 Å². The maximum atomic E-state index is 9.69. The van der Waals surface area contributed by atoms with Crippen LogP contribution >= 0.6 is 0 Å². The van der Waals surface area contributed by atoms with Gasteiger partial charge in [-0.2, -0.15) is 5.10 Å². The van der Waals surface area contributed by atoms with Crippen molar-refractivity contribution in [3.63, 3.8) is 0 Å². The summed E-state index contributed by atoms with van der Waals surface area (Å²) in [5, 5.41) is 13.9. The number of phenolic OH excluding ortho intramolecular Hbond substituents is 1. The highest BCUT2D eigenvalue weighted by Crippen LogP contribution is 2.23. The fourth-order valence-corrected chi connectivity index (χ4v) is 1.61. The van der Waals surface area contributed by atoms with Crippen molar-refractivity contribution >= 4 is 17.1 Å². The molecule has 4 nitrogen and oxygen atoms in total. The standard InChI is InChI=1S/C14H15N3O/c1-10-7-8-14(18)13(9-10)17-16-12-6-4-3-5-11(12)15-2/h3-9,17-18H,1-2H3/b15-11+,16-12-. The molecule has 0 aliphatic heterocycles. The van der Waals surface area contributed by atoms with Crippen molar-refractivity contribution in [1.29, 1.82) is 0 Å². The second-order valence-electron chi connectivity index (χ2n) is 3.96. The number of benzene rings is 1. The molecule has 0 saturated heterocycles. The molecule has 0 radical (unpaired) electrons. The molecule has 2 N–H and O–H groups in total. The molecule has 0 heterocycles. The second kappa shape index (κ2) is 5.31. The SMILES string of the molecule is C/N=C1\C=CC=C\C1=N\Nc1cc(C)ccc1O. The number of rotatable bonds is 2. The molecule has 1 aliphatic rings. The molecule has 0 bridgehead atoms. The van der Waals surface area contributed by atoms with Gasteiger partial charge in [0.25, 0.3) is 0 Å². The van der Waals surface area contributed by atoms with Gasteiger partial charge in [-0.3, -0.25) is 10.4 Å². The Kier molecular flexibility index (Phi) is 3.57. The molecule has 0 aromatic heterocycles. The first-order valence-corrected chi connectivity index (χ1v) is 5.66. The van der Waals surface area contributed by atoms with Gasteiger partial charge in [0.1, 0.15) is 11.5 Å². The third-order valence-electron chi connectivity index (χ3n) is 2.57. The third kappa shape index (κ3) is 2.66. The maximum absolute atomic E-state index is 9.69. The number of hydrogen-bond acceptors (Lipinski definition) is 4. The van der Waals surface area contributed by atoms with Crippen LogP contribution in [0, 0.1) is 6.92 Å². The van der Waals surface area contributed by atoms with Crippen LogP contribution in [0.25, 0.3) is 0 Å². The first-order valence-electron chi connectivity index (χ1n) is 5.66. The molecule has 1 aliphatic carbocycles. The molecule has 0 spiro atoms. The lowest BCUT2D eigenvalue weighted by Crippen LogP contribution is -2.13. The highest BCUT2D eigenvalue weighted by molar-refractivity contribution is 6.51. The first-order chi connectivity index (χ1) is 8.70. The molecule has 92 valence electrons. The van der Waals surface area contributed by atoms with E-state index in [0.29, 0.717) is 5.69 Å². The average Bonchev–Trinajstić information content (AvgIpc) is 2.40. The largest absolute Gasteiger partial charge is 0.506 e. The highest BCUT2D eigenvalue weighted by atomic mass is 16.3. The van der Waals surface area contributed by atoms with Crippen LogP contribution in [0.5, 0.6) is 5.75 Å². The number of aliphatic imine (C=N–C) groups is 1. The van der Waals surface area contributed by atoms with Gasteiger partial charge in [0.15, 0.2) is 0 Å². The smallest absolute Gasteiger partial charge is 0.140 e. The van der Waals surface area contributed by atoms with E-state index < -0.39 is 0 Å². The van der Waals surface area contributed by atoms with Crippen LogP contribution in [0.1, 0.15) is 5.56 Å². The van der Waals surface area contributed by atoms with Gasteiger partial charge in [-0.15, -0.1) is 0 Å². The Morgan fingerprint density at radius 1 is 1.11 bits per heavy atom. The molecule has 1 aromatic rings. The number of aryl methyl sites for hydroxylation is 1. The van der Waals surface area contributed by atoms with E-state index in [1.165, 1.54) is 0 Å². The van der Waals surface area contributed by atoms with E-state index >= 15 is 0 Å².